The second-order valence-corrected chi connectivity index (χ2v) is 3.49. The minimum atomic E-state index is -0.106. The summed E-state index contributed by atoms with van der Waals surface area (Å²) in [5, 5.41) is 3.34. The van der Waals surface area contributed by atoms with E-state index in [4.69, 9.17) is 9.47 Å². The normalized spacial score (nSPS) is 23.3. The number of hydrogen-bond acceptors (Lipinski definition) is 4. The molecule has 78 valence electrons. The van der Waals surface area contributed by atoms with Crippen LogP contribution in [0.5, 0.6) is 0 Å². The van der Waals surface area contributed by atoms with Crippen molar-refractivity contribution < 1.29 is 9.47 Å². The first-order valence-electron chi connectivity index (χ1n) is 4.74. The molecule has 0 amide bonds. The monoisotopic (exact) mass is 188 g/mol. The van der Waals surface area contributed by atoms with Gasteiger partial charge in [-0.2, -0.15) is 0 Å². The molecule has 1 heterocycles. The molecule has 1 aliphatic rings. The van der Waals surface area contributed by atoms with Crippen molar-refractivity contribution in [2.24, 2.45) is 0 Å². The van der Waals surface area contributed by atoms with Crippen molar-refractivity contribution in [1.82, 2.24) is 10.2 Å². The Morgan fingerprint density at radius 3 is 2.62 bits per heavy atom. The van der Waals surface area contributed by atoms with Crippen LogP contribution in [0.25, 0.3) is 0 Å². The van der Waals surface area contributed by atoms with E-state index in [-0.39, 0.29) is 6.29 Å². The Morgan fingerprint density at radius 1 is 1.46 bits per heavy atom. The van der Waals surface area contributed by atoms with Gasteiger partial charge in [0.25, 0.3) is 0 Å². The maximum Gasteiger partial charge on any atom is 0.169 e. The van der Waals surface area contributed by atoms with E-state index in [1.54, 1.807) is 14.2 Å². The number of nitrogens with one attached hydrogen (secondary N) is 1. The van der Waals surface area contributed by atoms with Crippen molar-refractivity contribution in [3.63, 3.8) is 0 Å². The lowest BCUT2D eigenvalue weighted by Crippen LogP contribution is -2.40. The minimum Gasteiger partial charge on any atom is -0.355 e. The molecule has 0 bridgehead atoms. The van der Waals surface area contributed by atoms with Gasteiger partial charge in [-0.3, -0.25) is 4.90 Å². The van der Waals surface area contributed by atoms with E-state index in [0.29, 0.717) is 6.04 Å². The second-order valence-electron chi connectivity index (χ2n) is 3.49. The van der Waals surface area contributed by atoms with Gasteiger partial charge >= 0.3 is 0 Å². The fraction of sp³-hybridized carbons (Fsp3) is 1.00. The van der Waals surface area contributed by atoms with Crippen molar-refractivity contribution in [3.8, 4) is 0 Å². The van der Waals surface area contributed by atoms with Crippen molar-refractivity contribution >= 4 is 0 Å². The predicted octanol–water partition coefficient (Wildman–Crippen LogP) is -0.101. The Labute approximate surface area is 80.2 Å². The number of ether oxygens (including phenoxy) is 2. The molecule has 1 aliphatic heterocycles. The van der Waals surface area contributed by atoms with Crippen LogP contribution >= 0.6 is 0 Å². The SMILES string of the molecule is COC(CN(C)C1CCNC1)OC. The third-order valence-corrected chi connectivity index (χ3v) is 2.62. The van der Waals surface area contributed by atoms with Gasteiger partial charge in [0.05, 0.1) is 0 Å². The fourth-order valence-electron chi connectivity index (χ4n) is 1.65. The van der Waals surface area contributed by atoms with Crippen LogP contribution in [0.2, 0.25) is 0 Å². The van der Waals surface area contributed by atoms with Crippen LogP contribution in [-0.4, -0.2) is 58.1 Å². The van der Waals surface area contributed by atoms with Crippen LogP contribution in [0.15, 0.2) is 0 Å². The van der Waals surface area contributed by atoms with Gasteiger partial charge in [0.1, 0.15) is 0 Å². The zero-order chi connectivity index (χ0) is 9.68. The lowest BCUT2D eigenvalue weighted by molar-refractivity contribution is -0.116. The highest BCUT2D eigenvalue weighted by atomic mass is 16.7. The van der Waals surface area contributed by atoms with Gasteiger partial charge in [-0.05, 0) is 20.0 Å². The molecule has 4 heteroatoms. The summed E-state index contributed by atoms with van der Waals surface area (Å²) in [4.78, 5) is 2.29. The first kappa shape index (κ1) is 10.9. The molecule has 1 N–H and O–H groups in total. The molecule has 1 rings (SSSR count). The van der Waals surface area contributed by atoms with E-state index in [9.17, 15) is 0 Å². The smallest absolute Gasteiger partial charge is 0.169 e. The second kappa shape index (κ2) is 5.54. The molecule has 0 spiro atoms. The number of rotatable bonds is 5. The topological polar surface area (TPSA) is 33.7 Å². The highest BCUT2D eigenvalue weighted by Crippen LogP contribution is 2.07. The molecule has 0 aromatic heterocycles. The van der Waals surface area contributed by atoms with E-state index in [2.05, 4.69) is 17.3 Å². The highest BCUT2D eigenvalue weighted by molar-refractivity contribution is 4.78. The fourth-order valence-corrected chi connectivity index (χ4v) is 1.65. The van der Waals surface area contributed by atoms with Gasteiger partial charge in [0, 0.05) is 33.4 Å². The molecule has 1 atom stereocenters. The summed E-state index contributed by atoms with van der Waals surface area (Å²) in [5.41, 5.74) is 0. The Balaban J connectivity index is 2.25. The Bertz CT molecular complexity index is 134. The van der Waals surface area contributed by atoms with Gasteiger partial charge in [-0.25, -0.2) is 0 Å². The molecule has 0 aromatic rings. The van der Waals surface area contributed by atoms with Gasteiger partial charge in [-0.1, -0.05) is 0 Å². The maximum atomic E-state index is 5.15. The van der Waals surface area contributed by atoms with Crippen LogP contribution in [0.1, 0.15) is 6.42 Å². The molecule has 1 saturated heterocycles. The summed E-state index contributed by atoms with van der Waals surface area (Å²) in [5.74, 6) is 0. The molecule has 1 fully saturated rings. The number of hydrogen-bond donors (Lipinski definition) is 1. The Hall–Kier alpha value is -0.160. The van der Waals surface area contributed by atoms with Crippen LogP contribution in [-0.2, 0) is 9.47 Å². The zero-order valence-corrected chi connectivity index (χ0v) is 8.75. The molecule has 0 aromatic carbocycles. The molecule has 4 nitrogen and oxygen atoms in total. The van der Waals surface area contributed by atoms with Crippen LogP contribution in [0.4, 0.5) is 0 Å². The Kier molecular flexibility index (Phi) is 4.66. The number of methoxy groups -OCH3 is 2. The minimum absolute atomic E-state index is 0.106. The van der Waals surface area contributed by atoms with E-state index < -0.39 is 0 Å². The van der Waals surface area contributed by atoms with Gasteiger partial charge in [0.2, 0.25) is 0 Å². The third kappa shape index (κ3) is 3.23. The van der Waals surface area contributed by atoms with Crippen LogP contribution < -0.4 is 5.32 Å². The highest BCUT2D eigenvalue weighted by Gasteiger charge is 2.21. The summed E-state index contributed by atoms with van der Waals surface area (Å²) >= 11 is 0. The van der Waals surface area contributed by atoms with Crippen LogP contribution in [0, 0.1) is 0 Å². The lowest BCUT2D eigenvalue weighted by atomic mass is 10.2. The first-order chi connectivity index (χ1) is 6.27. The average molecular weight is 188 g/mol. The molecular formula is C9H20N2O2. The maximum absolute atomic E-state index is 5.15. The van der Waals surface area contributed by atoms with Gasteiger partial charge in [0.15, 0.2) is 6.29 Å². The molecule has 0 aliphatic carbocycles. The average Bonchev–Trinajstić information content (AvgIpc) is 2.66. The molecule has 0 saturated carbocycles. The number of likely N-dealkylation sites (N-methyl/N-ethyl adjacent to an activating group) is 1. The van der Waals surface area contributed by atoms with Crippen LogP contribution in [0.3, 0.4) is 0 Å². The van der Waals surface area contributed by atoms with E-state index >= 15 is 0 Å². The first-order valence-corrected chi connectivity index (χ1v) is 4.74. The summed E-state index contributed by atoms with van der Waals surface area (Å²) < 4.78 is 10.3. The standard InChI is InChI=1S/C9H20N2O2/c1-11(7-9(12-2)13-3)8-4-5-10-6-8/h8-10H,4-7H2,1-3H3. The molecule has 1 unspecified atom stereocenters. The van der Waals surface area contributed by atoms with Gasteiger partial charge < -0.3 is 14.8 Å². The Morgan fingerprint density at radius 2 is 2.15 bits per heavy atom. The summed E-state index contributed by atoms with van der Waals surface area (Å²) in [6.45, 7) is 3.04. The van der Waals surface area contributed by atoms with Crippen molar-refractivity contribution in [2.75, 3.05) is 40.9 Å². The van der Waals surface area contributed by atoms with Crippen molar-refractivity contribution in [1.29, 1.82) is 0 Å². The van der Waals surface area contributed by atoms with E-state index in [1.807, 2.05) is 0 Å². The summed E-state index contributed by atoms with van der Waals surface area (Å²) in [6, 6.07) is 0.632. The zero-order valence-electron chi connectivity index (χ0n) is 8.75. The number of nitrogens with zero attached hydrogens (tertiary/aromatic N) is 1. The molecule has 13 heavy (non-hydrogen) atoms. The van der Waals surface area contributed by atoms with Crippen molar-refractivity contribution in [3.05, 3.63) is 0 Å². The van der Waals surface area contributed by atoms with E-state index in [0.717, 1.165) is 19.6 Å². The van der Waals surface area contributed by atoms with E-state index in [1.165, 1.54) is 6.42 Å². The largest absolute Gasteiger partial charge is 0.355 e. The summed E-state index contributed by atoms with van der Waals surface area (Å²) in [6.07, 6.45) is 1.11. The van der Waals surface area contributed by atoms with Crippen molar-refractivity contribution in [2.45, 2.75) is 18.8 Å². The molecule has 0 radical (unpaired) electrons. The third-order valence-electron chi connectivity index (χ3n) is 2.62. The molecular weight excluding hydrogens is 168 g/mol. The summed E-state index contributed by atoms with van der Waals surface area (Å²) in [7, 11) is 5.46. The van der Waals surface area contributed by atoms with Gasteiger partial charge in [-0.15, -0.1) is 0 Å². The quantitative estimate of drug-likeness (QED) is 0.611. The lowest BCUT2D eigenvalue weighted by Gasteiger charge is -2.26. The predicted molar refractivity (Wildman–Crippen MR) is 51.7 cm³/mol.